The summed E-state index contributed by atoms with van der Waals surface area (Å²) in [6.45, 7) is 2.27. The van der Waals surface area contributed by atoms with Gasteiger partial charge < -0.3 is 4.98 Å². The normalized spacial score (nSPS) is 12.5. The van der Waals surface area contributed by atoms with E-state index < -0.39 is 20.1 Å². The Bertz CT molecular complexity index is 2270. The fourth-order valence-corrected chi connectivity index (χ4v) is 10.4. The van der Waals surface area contributed by atoms with Gasteiger partial charge in [-0.25, -0.2) is 4.39 Å². The minimum atomic E-state index is -2.30. The fourth-order valence-electron chi connectivity index (χ4n) is 5.86. The molecular formula is C42H39FGeIrN2S-2. The molecule has 0 aliphatic rings. The van der Waals surface area contributed by atoms with Crippen molar-refractivity contribution in [2.24, 2.45) is 5.92 Å². The van der Waals surface area contributed by atoms with Gasteiger partial charge in [0.2, 0.25) is 0 Å². The van der Waals surface area contributed by atoms with E-state index in [4.69, 9.17) is 9.10 Å². The van der Waals surface area contributed by atoms with Gasteiger partial charge >= 0.3 is 126 Å². The summed E-state index contributed by atoms with van der Waals surface area (Å²) in [6.07, 6.45) is 4.88. The van der Waals surface area contributed by atoms with E-state index in [1.54, 1.807) is 28.8 Å². The molecule has 0 saturated heterocycles. The number of pyridine rings is 2. The molecular weight excluding hydrogens is 848 g/mol. The van der Waals surface area contributed by atoms with Gasteiger partial charge in [-0.15, -0.1) is 23.8 Å². The van der Waals surface area contributed by atoms with Gasteiger partial charge in [-0.2, -0.15) is 11.3 Å². The minimum absolute atomic E-state index is 0. The molecule has 0 aliphatic heterocycles. The summed E-state index contributed by atoms with van der Waals surface area (Å²) in [7, 11) is 0. The molecule has 3 aromatic heterocycles. The average Bonchev–Trinajstić information content (AvgIpc) is 3.48. The maximum Gasteiger partial charge on any atom is 0.130 e. The number of hydrogen-bond acceptors (Lipinski definition) is 3. The van der Waals surface area contributed by atoms with Crippen molar-refractivity contribution < 1.29 is 28.6 Å². The number of thiophene rings is 1. The third-order valence-electron chi connectivity index (χ3n) is 8.06. The van der Waals surface area contributed by atoms with Crippen LogP contribution in [-0.2, 0) is 26.5 Å². The molecule has 6 heteroatoms. The van der Waals surface area contributed by atoms with E-state index in [1.165, 1.54) is 23.0 Å². The molecule has 0 amide bonds. The molecule has 0 atom stereocenters. The topological polar surface area (TPSA) is 25.8 Å². The maximum absolute atomic E-state index is 14.5. The molecule has 1 radical (unpaired) electrons. The van der Waals surface area contributed by atoms with Crippen LogP contribution in [0.2, 0.25) is 17.3 Å². The van der Waals surface area contributed by atoms with Crippen LogP contribution in [-0.4, -0.2) is 23.2 Å². The maximum atomic E-state index is 14.5. The number of aryl methyl sites for hydroxylation is 1. The first-order valence-electron chi connectivity index (χ1n) is 17.4. The third-order valence-corrected chi connectivity index (χ3v) is 13.6. The van der Waals surface area contributed by atoms with Crippen molar-refractivity contribution in [1.82, 2.24) is 9.97 Å². The largest absolute Gasteiger partial charge is 0.304 e. The predicted octanol–water partition coefficient (Wildman–Crippen LogP) is 11.3. The van der Waals surface area contributed by atoms with E-state index in [1.807, 2.05) is 60.7 Å². The first-order valence-corrected chi connectivity index (χ1v) is 24.0. The van der Waals surface area contributed by atoms with Crippen molar-refractivity contribution in [1.29, 1.82) is 0 Å². The van der Waals surface area contributed by atoms with Crippen molar-refractivity contribution in [2.75, 3.05) is 0 Å². The summed E-state index contributed by atoms with van der Waals surface area (Å²) in [5.74, 6) is 7.72. The predicted molar refractivity (Wildman–Crippen MR) is 202 cm³/mol. The van der Waals surface area contributed by atoms with Crippen molar-refractivity contribution in [3.63, 3.8) is 0 Å². The number of nitrogens with zero attached hydrogens (tertiary/aromatic N) is 2. The third kappa shape index (κ3) is 7.87. The summed E-state index contributed by atoms with van der Waals surface area (Å²) >= 11 is -0.399. The second-order valence-electron chi connectivity index (χ2n) is 13.1. The van der Waals surface area contributed by atoms with E-state index in [0.717, 1.165) is 38.0 Å². The Labute approximate surface area is 308 Å². The molecule has 7 rings (SSSR count). The SMILES string of the molecule is CC(C)Cc1cc(-c2[c-]cccc2)nc[c]1[Ge]([CH3])([CH3])[CH3].[2H]C([2H])([2H])c1cc(-c2[c-]ccc3c2sc2cccc(F)c23)ncc1-c1ccccc1.[Ir]. The Balaban J connectivity index is 0.000000211. The minimum Gasteiger partial charge on any atom is -0.304 e. The van der Waals surface area contributed by atoms with Gasteiger partial charge in [0.1, 0.15) is 5.82 Å². The van der Waals surface area contributed by atoms with Crippen LogP contribution in [0.4, 0.5) is 4.39 Å². The van der Waals surface area contributed by atoms with Crippen molar-refractivity contribution in [3.05, 3.63) is 139 Å². The Morgan fingerprint density at radius 1 is 0.854 bits per heavy atom. The first kappa shape index (κ1) is 31.8. The van der Waals surface area contributed by atoms with Gasteiger partial charge in [-0.1, -0.05) is 47.9 Å². The van der Waals surface area contributed by atoms with Crippen LogP contribution in [0, 0.1) is 30.7 Å². The van der Waals surface area contributed by atoms with Crippen LogP contribution in [0.15, 0.2) is 109 Å². The van der Waals surface area contributed by atoms with Gasteiger partial charge in [0.15, 0.2) is 0 Å². The number of hydrogen-bond donors (Lipinski definition) is 0. The van der Waals surface area contributed by atoms with Gasteiger partial charge in [0.25, 0.3) is 0 Å². The molecule has 0 unspecified atom stereocenters. The number of halogens is 1. The zero-order valence-corrected chi connectivity index (χ0v) is 33.0. The molecule has 0 spiro atoms. The Morgan fingerprint density at radius 2 is 1.62 bits per heavy atom. The molecule has 48 heavy (non-hydrogen) atoms. The molecule has 245 valence electrons. The summed E-state index contributed by atoms with van der Waals surface area (Å²) in [6, 6.07) is 36.4. The summed E-state index contributed by atoms with van der Waals surface area (Å²) in [5.41, 5.74) is 6.44. The fraction of sp³-hybridized carbons (Fsp3) is 0.190. The zero-order chi connectivity index (χ0) is 35.6. The Morgan fingerprint density at radius 3 is 2.33 bits per heavy atom. The average molecular weight is 891 g/mol. The van der Waals surface area contributed by atoms with Crippen molar-refractivity contribution >= 4 is 49.2 Å². The molecule has 0 fully saturated rings. The molecule has 4 aromatic carbocycles. The summed E-state index contributed by atoms with van der Waals surface area (Å²) in [4.78, 5) is 9.27. The van der Waals surface area contributed by atoms with E-state index in [2.05, 4.69) is 66.6 Å². The van der Waals surface area contributed by atoms with E-state index in [9.17, 15) is 4.39 Å². The van der Waals surface area contributed by atoms with Crippen LogP contribution in [0.5, 0.6) is 0 Å². The Hall–Kier alpha value is -3.48. The van der Waals surface area contributed by atoms with Crippen LogP contribution in [0.1, 0.15) is 29.1 Å². The number of rotatable bonds is 6. The van der Waals surface area contributed by atoms with E-state index in [-0.39, 0.29) is 31.5 Å². The molecule has 0 bridgehead atoms. The molecule has 7 aromatic rings. The number of aromatic nitrogens is 2. The second kappa shape index (κ2) is 15.4. The second-order valence-corrected chi connectivity index (χ2v) is 24.8. The number of benzene rings is 4. The smallest absolute Gasteiger partial charge is 0.130 e. The van der Waals surface area contributed by atoms with Gasteiger partial charge in [-0.3, -0.25) is 0 Å². The van der Waals surface area contributed by atoms with Crippen LogP contribution < -0.4 is 4.40 Å². The molecule has 3 heterocycles. The van der Waals surface area contributed by atoms with Gasteiger partial charge in [0.05, 0.1) is 0 Å². The van der Waals surface area contributed by atoms with Crippen molar-refractivity contribution in [3.8, 4) is 33.6 Å². The quantitative estimate of drug-likeness (QED) is 0.123. The zero-order valence-electron chi connectivity index (χ0n) is 30.7. The van der Waals surface area contributed by atoms with E-state index in [0.29, 0.717) is 28.1 Å². The summed E-state index contributed by atoms with van der Waals surface area (Å²) < 4.78 is 41.8. The van der Waals surface area contributed by atoms with Gasteiger partial charge in [-0.05, 0) is 40.5 Å². The van der Waals surface area contributed by atoms with Crippen LogP contribution >= 0.6 is 11.3 Å². The molecule has 2 nitrogen and oxygen atoms in total. The standard InChI is InChI=1S/C24H15FNS.C18H24GeN.Ir/c1-15-13-21(26-14-19(15)16-7-3-2-4-8-16)17-9-5-10-18-23-20(25)11-6-12-22(23)27-24(17)18;1-14(2)11-16-12-18(15-9-7-6-8-10-15)20-13-17(16)19(3,4)5;/h2-8,10-14H,1H3;6-9,12-14H,11H2,1-5H3;/q2*-1;/i1D3;;. The summed E-state index contributed by atoms with van der Waals surface area (Å²) in [5, 5.41) is 1.36. The van der Waals surface area contributed by atoms with Crippen LogP contribution in [0.3, 0.4) is 0 Å². The molecule has 0 saturated carbocycles. The van der Waals surface area contributed by atoms with Crippen molar-refractivity contribution in [2.45, 2.75) is 44.4 Å². The molecule has 0 N–H and O–H groups in total. The molecule has 0 aliphatic carbocycles. The first-order chi connectivity index (χ1) is 23.8. The van der Waals surface area contributed by atoms with E-state index >= 15 is 0 Å². The Kier molecular flexibility index (Phi) is 10.2. The number of fused-ring (bicyclic) bond motifs is 3. The monoisotopic (exact) mass is 892 g/mol. The van der Waals surface area contributed by atoms with Crippen LogP contribution in [0.25, 0.3) is 53.8 Å². The van der Waals surface area contributed by atoms with Gasteiger partial charge in [0, 0.05) is 46.1 Å².